The number of carbonyl (C=O) groups excluding carboxylic acids is 1. The lowest BCUT2D eigenvalue weighted by Crippen LogP contribution is -2.23. The molecule has 0 aliphatic carbocycles. The highest BCUT2D eigenvalue weighted by Gasteiger charge is 2.23. The molecule has 0 atom stereocenters. The number of anilines is 1. The van der Waals surface area contributed by atoms with Gasteiger partial charge in [0, 0.05) is 22.7 Å². The Hall–Kier alpha value is -2.93. The average Bonchev–Trinajstić information content (AvgIpc) is 3.26. The van der Waals surface area contributed by atoms with E-state index < -0.39 is 15.9 Å². The summed E-state index contributed by atoms with van der Waals surface area (Å²) in [6.07, 6.45) is 0. The van der Waals surface area contributed by atoms with E-state index in [1.165, 1.54) is 33.5 Å². The summed E-state index contributed by atoms with van der Waals surface area (Å²) in [6, 6.07) is 9.50. The molecule has 10 nitrogen and oxygen atoms in total. The number of amides is 1. The summed E-state index contributed by atoms with van der Waals surface area (Å²) in [6.45, 7) is -0.0993. The quantitative estimate of drug-likeness (QED) is 0.431. The second-order valence-corrected chi connectivity index (χ2v) is 9.51. The highest BCUT2D eigenvalue weighted by molar-refractivity contribution is 7.91. The molecule has 1 amide bonds. The SMILES string of the molecule is COc1ccc(CNS(=O)(=O)c2nnc(NC(=O)c3ccc(Cl)cc3)s2)c(OC)c1OC. The highest BCUT2D eigenvalue weighted by atomic mass is 35.5. The van der Waals surface area contributed by atoms with E-state index in [2.05, 4.69) is 20.2 Å². The Labute approximate surface area is 193 Å². The van der Waals surface area contributed by atoms with E-state index in [4.69, 9.17) is 25.8 Å². The van der Waals surface area contributed by atoms with Crippen LogP contribution >= 0.6 is 22.9 Å². The van der Waals surface area contributed by atoms with Crippen LogP contribution in [0.2, 0.25) is 5.02 Å². The summed E-state index contributed by atoms with van der Waals surface area (Å²) < 4.78 is 43.3. The fraction of sp³-hybridized carbons (Fsp3) is 0.211. The van der Waals surface area contributed by atoms with Crippen LogP contribution < -0.4 is 24.2 Å². The molecule has 2 aromatic carbocycles. The van der Waals surface area contributed by atoms with Crippen LogP contribution in [0.1, 0.15) is 15.9 Å². The number of aromatic nitrogens is 2. The van der Waals surface area contributed by atoms with Gasteiger partial charge in [0.1, 0.15) is 0 Å². The number of nitrogens with one attached hydrogen (secondary N) is 2. The smallest absolute Gasteiger partial charge is 0.270 e. The fourth-order valence-electron chi connectivity index (χ4n) is 2.68. The fourth-order valence-corrected chi connectivity index (χ4v) is 4.74. The highest BCUT2D eigenvalue weighted by Crippen LogP contribution is 2.39. The van der Waals surface area contributed by atoms with Crippen LogP contribution in [-0.2, 0) is 16.6 Å². The summed E-state index contributed by atoms with van der Waals surface area (Å²) >= 11 is 6.53. The third-order valence-corrected chi connectivity index (χ3v) is 7.06. The van der Waals surface area contributed by atoms with E-state index in [1.54, 1.807) is 24.3 Å². The first-order chi connectivity index (χ1) is 15.3. The molecule has 3 aromatic rings. The lowest BCUT2D eigenvalue weighted by Gasteiger charge is -2.15. The maximum Gasteiger partial charge on any atom is 0.270 e. The molecule has 13 heteroatoms. The topological polar surface area (TPSA) is 129 Å². The second kappa shape index (κ2) is 10.1. The summed E-state index contributed by atoms with van der Waals surface area (Å²) in [5.41, 5.74) is 0.863. The molecule has 0 bridgehead atoms. The van der Waals surface area contributed by atoms with Crippen molar-refractivity contribution in [1.82, 2.24) is 14.9 Å². The van der Waals surface area contributed by atoms with Crippen molar-refractivity contribution in [2.45, 2.75) is 10.9 Å². The molecule has 170 valence electrons. The van der Waals surface area contributed by atoms with Crippen LogP contribution in [-0.4, -0.2) is 45.9 Å². The average molecular weight is 499 g/mol. The summed E-state index contributed by atoms with van der Waals surface area (Å²) in [7, 11) is 0.373. The van der Waals surface area contributed by atoms with E-state index in [-0.39, 0.29) is 16.0 Å². The molecule has 0 saturated carbocycles. The third kappa shape index (κ3) is 5.27. The predicted molar refractivity (Wildman–Crippen MR) is 119 cm³/mol. The molecular formula is C19H19ClN4O6S2. The molecule has 0 aliphatic heterocycles. The number of nitrogens with zero attached hydrogens (tertiary/aromatic N) is 2. The first kappa shape index (κ1) is 23.7. The molecule has 32 heavy (non-hydrogen) atoms. The van der Waals surface area contributed by atoms with E-state index >= 15 is 0 Å². The molecule has 3 rings (SSSR count). The molecule has 0 radical (unpaired) electrons. The summed E-state index contributed by atoms with van der Waals surface area (Å²) in [5.74, 6) is 0.656. The van der Waals surface area contributed by atoms with E-state index in [1.807, 2.05) is 0 Å². The standard InChI is InChI=1S/C19H19ClN4O6S2/c1-28-14-9-6-12(15(29-2)16(14)30-3)10-21-32(26,27)19-24-23-18(31-19)22-17(25)11-4-7-13(20)8-5-11/h4-9,21H,10H2,1-3H3,(H,22,23,25). The van der Waals surface area contributed by atoms with Gasteiger partial charge in [-0.15, -0.1) is 10.2 Å². The largest absolute Gasteiger partial charge is 0.493 e. The van der Waals surface area contributed by atoms with Gasteiger partial charge in [-0.3, -0.25) is 10.1 Å². The van der Waals surface area contributed by atoms with E-state index in [0.717, 1.165) is 11.3 Å². The van der Waals surface area contributed by atoms with Crippen LogP contribution in [0.4, 0.5) is 5.13 Å². The van der Waals surface area contributed by atoms with Gasteiger partial charge in [-0.1, -0.05) is 29.0 Å². The van der Waals surface area contributed by atoms with Gasteiger partial charge >= 0.3 is 0 Å². The number of methoxy groups -OCH3 is 3. The molecule has 0 spiro atoms. The van der Waals surface area contributed by atoms with Crippen molar-refractivity contribution in [3.63, 3.8) is 0 Å². The van der Waals surface area contributed by atoms with Gasteiger partial charge in [-0.2, -0.15) is 0 Å². The molecule has 1 aromatic heterocycles. The first-order valence-corrected chi connectivity index (χ1v) is 11.6. The number of hydrogen-bond acceptors (Lipinski definition) is 9. The molecule has 2 N–H and O–H groups in total. The molecule has 0 fully saturated rings. The van der Waals surface area contributed by atoms with Crippen molar-refractivity contribution < 1.29 is 27.4 Å². The monoisotopic (exact) mass is 498 g/mol. The van der Waals surface area contributed by atoms with Gasteiger partial charge in [0.15, 0.2) is 11.5 Å². The van der Waals surface area contributed by atoms with Gasteiger partial charge in [-0.25, -0.2) is 13.1 Å². The maximum atomic E-state index is 12.7. The number of ether oxygens (including phenoxy) is 3. The number of carbonyl (C=O) groups is 1. The van der Waals surface area contributed by atoms with Crippen molar-refractivity contribution in [1.29, 1.82) is 0 Å². The van der Waals surface area contributed by atoms with Gasteiger partial charge < -0.3 is 14.2 Å². The van der Waals surface area contributed by atoms with Crippen molar-refractivity contribution in [2.24, 2.45) is 0 Å². The van der Waals surface area contributed by atoms with Crippen molar-refractivity contribution in [3.05, 3.63) is 52.5 Å². The Kier molecular flexibility index (Phi) is 7.51. The number of rotatable bonds is 9. The zero-order valence-electron chi connectivity index (χ0n) is 17.2. The number of sulfonamides is 1. The Balaban J connectivity index is 1.72. The van der Waals surface area contributed by atoms with Gasteiger partial charge in [0.05, 0.1) is 21.3 Å². The number of hydrogen-bond donors (Lipinski definition) is 2. The van der Waals surface area contributed by atoms with Crippen molar-refractivity contribution in [2.75, 3.05) is 26.6 Å². The van der Waals surface area contributed by atoms with Crippen molar-refractivity contribution >= 4 is 44.0 Å². The molecule has 0 saturated heterocycles. The zero-order valence-corrected chi connectivity index (χ0v) is 19.6. The molecule has 0 unspecified atom stereocenters. The Bertz CT molecular complexity index is 1220. The maximum absolute atomic E-state index is 12.7. The lowest BCUT2D eigenvalue weighted by atomic mass is 10.1. The Morgan fingerprint density at radius 2 is 1.69 bits per heavy atom. The predicted octanol–water partition coefficient (Wildman–Crippen LogP) is 2.95. The summed E-state index contributed by atoms with van der Waals surface area (Å²) in [4.78, 5) is 12.3. The lowest BCUT2D eigenvalue weighted by molar-refractivity contribution is 0.102. The number of halogens is 1. The third-order valence-electron chi connectivity index (χ3n) is 4.20. The molecule has 0 aliphatic rings. The van der Waals surface area contributed by atoms with E-state index in [0.29, 0.717) is 33.4 Å². The number of benzene rings is 2. The van der Waals surface area contributed by atoms with Crippen LogP contribution in [0.15, 0.2) is 40.7 Å². The van der Waals surface area contributed by atoms with Crippen LogP contribution in [0.25, 0.3) is 0 Å². The minimum absolute atomic E-state index is 0.0361. The van der Waals surface area contributed by atoms with Gasteiger partial charge in [-0.05, 0) is 30.3 Å². The minimum Gasteiger partial charge on any atom is -0.493 e. The second-order valence-electron chi connectivity index (χ2n) is 6.15. The Morgan fingerprint density at radius 3 is 2.31 bits per heavy atom. The van der Waals surface area contributed by atoms with Gasteiger partial charge in [0.2, 0.25) is 15.2 Å². The van der Waals surface area contributed by atoms with Gasteiger partial charge in [0.25, 0.3) is 15.9 Å². The van der Waals surface area contributed by atoms with E-state index in [9.17, 15) is 13.2 Å². The molecule has 1 heterocycles. The van der Waals surface area contributed by atoms with Crippen LogP contribution in [0, 0.1) is 0 Å². The Morgan fingerprint density at radius 1 is 1.00 bits per heavy atom. The van der Waals surface area contributed by atoms with Crippen molar-refractivity contribution in [3.8, 4) is 17.2 Å². The van der Waals surface area contributed by atoms with Crippen LogP contribution in [0.3, 0.4) is 0 Å². The first-order valence-electron chi connectivity index (χ1n) is 8.97. The molecular weight excluding hydrogens is 480 g/mol. The minimum atomic E-state index is -4.01. The van der Waals surface area contributed by atoms with Crippen LogP contribution in [0.5, 0.6) is 17.2 Å². The normalized spacial score (nSPS) is 11.1. The summed E-state index contributed by atoms with van der Waals surface area (Å²) in [5, 5.41) is 10.4. The zero-order chi connectivity index (χ0) is 23.3.